The standard InChI is InChI=1S/C17H26N2O4S/c1-3-10-19(11-4-2)24(22,23)15-7-5-6-14(12-15)17(13-20)9-8-16(21)18-17/h5-7,12,20H,3-4,8-11,13H2,1-2H3,(H,18,21). The van der Waals surface area contributed by atoms with Crippen LogP contribution in [-0.4, -0.2) is 43.4 Å². The molecule has 1 fully saturated rings. The average molecular weight is 354 g/mol. The van der Waals surface area contributed by atoms with Gasteiger partial charge in [0.2, 0.25) is 15.9 Å². The van der Waals surface area contributed by atoms with Gasteiger partial charge in [-0.1, -0.05) is 26.0 Å². The first-order valence-electron chi connectivity index (χ1n) is 8.42. The minimum atomic E-state index is -3.59. The van der Waals surface area contributed by atoms with Gasteiger partial charge in [0.15, 0.2) is 0 Å². The third-order valence-electron chi connectivity index (χ3n) is 4.40. The van der Waals surface area contributed by atoms with Crippen LogP contribution in [0, 0.1) is 0 Å². The summed E-state index contributed by atoms with van der Waals surface area (Å²) in [5.41, 5.74) is -0.256. The van der Waals surface area contributed by atoms with Gasteiger partial charge in [-0.25, -0.2) is 8.42 Å². The minimum Gasteiger partial charge on any atom is -0.394 e. The van der Waals surface area contributed by atoms with Crippen LogP contribution in [0.4, 0.5) is 0 Å². The van der Waals surface area contributed by atoms with Crippen molar-refractivity contribution in [2.24, 2.45) is 0 Å². The first kappa shape index (κ1) is 18.9. The van der Waals surface area contributed by atoms with Crippen LogP contribution < -0.4 is 5.32 Å². The monoisotopic (exact) mass is 354 g/mol. The number of sulfonamides is 1. The molecule has 0 aromatic heterocycles. The van der Waals surface area contributed by atoms with Crippen molar-refractivity contribution in [3.05, 3.63) is 29.8 Å². The molecule has 1 aromatic carbocycles. The van der Waals surface area contributed by atoms with Crippen molar-refractivity contribution >= 4 is 15.9 Å². The third-order valence-corrected chi connectivity index (χ3v) is 6.29. The van der Waals surface area contributed by atoms with Crippen molar-refractivity contribution in [2.75, 3.05) is 19.7 Å². The quantitative estimate of drug-likeness (QED) is 0.742. The van der Waals surface area contributed by atoms with Gasteiger partial charge >= 0.3 is 0 Å². The van der Waals surface area contributed by atoms with E-state index in [1.807, 2.05) is 13.8 Å². The number of rotatable bonds is 8. The second kappa shape index (κ2) is 7.63. The number of benzene rings is 1. The van der Waals surface area contributed by atoms with E-state index in [0.29, 0.717) is 31.5 Å². The largest absolute Gasteiger partial charge is 0.394 e. The lowest BCUT2D eigenvalue weighted by atomic mass is 9.89. The molecule has 0 saturated carbocycles. The van der Waals surface area contributed by atoms with Gasteiger partial charge < -0.3 is 10.4 Å². The fraction of sp³-hybridized carbons (Fsp3) is 0.588. The van der Waals surface area contributed by atoms with E-state index in [2.05, 4.69) is 5.32 Å². The van der Waals surface area contributed by atoms with Crippen LogP contribution in [0.25, 0.3) is 0 Å². The Morgan fingerprint density at radius 3 is 2.42 bits per heavy atom. The van der Waals surface area contributed by atoms with E-state index in [-0.39, 0.29) is 17.4 Å². The number of nitrogens with one attached hydrogen (secondary N) is 1. The van der Waals surface area contributed by atoms with Crippen LogP contribution in [-0.2, 0) is 20.4 Å². The van der Waals surface area contributed by atoms with Gasteiger partial charge in [-0.3, -0.25) is 4.79 Å². The molecule has 1 amide bonds. The molecule has 0 bridgehead atoms. The Balaban J connectivity index is 2.40. The molecule has 1 aliphatic heterocycles. The molecule has 1 atom stereocenters. The number of hydrogen-bond donors (Lipinski definition) is 2. The first-order valence-corrected chi connectivity index (χ1v) is 9.86. The summed E-state index contributed by atoms with van der Waals surface area (Å²) < 4.78 is 27.3. The highest BCUT2D eigenvalue weighted by Gasteiger charge is 2.39. The van der Waals surface area contributed by atoms with E-state index in [9.17, 15) is 18.3 Å². The van der Waals surface area contributed by atoms with Gasteiger partial charge in [-0.15, -0.1) is 0 Å². The number of amides is 1. The van der Waals surface area contributed by atoms with Crippen LogP contribution >= 0.6 is 0 Å². The van der Waals surface area contributed by atoms with E-state index in [1.54, 1.807) is 24.3 Å². The Morgan fingerprint density at radius 1 is 1.25 bits per heavy atom. The highest BCUT2D eigenvalue weighted by atomic mass is 32.2. The lowest BCUT2D eigenvalue weighted by Crippen LogP contribution is -2.42. The Labute approximate surface area is 143 Å². The number of aliphatic hydroxyl groups excluding tert-OH is 1. The Hall–Kier alpha value is -1.44. The number of carbonyl (C=O) groups is 1. The predicted octanol–water partition coefficient (Wildman–Crippen LogP) is 1.59. The van der Waals surface area contributed by atoms with Crippen molar-refractivity contribution < 1.29 is 18.3 Å². The maximum absolute atomic E-state index is 12.9. The van der Waals surface area contributed by atoms with Crippen LogP contribution in [0.5, 0.6) is 0 Å². The van der Waals surface area contributed by atoms with Crippen molar-refractivity contribution in [2.45, 2.75) is 50.0 Å². The van der Waals surface area contributed by atoms with Gasteiger partial charge in [0.1, 0.15) is 0 Å². The molecule has 1 unspecified atom stereocenters. The summed E-state index contributed by atoms with van der Waals surface area (Å²) in [7, 11) is -3.59. The zero-order valence-electron chi connectivity index (χ0n) is 14.3. The fourth-order valence-electron chi connectivity index (χ4n) is 3.10. The summed E-state index contributed by atoms with van der Waals surface area (Å²) in [6.45, 7) is 4.59. The molecule has 2 rings (SSSR count). The smallest absolute Gasteiger partial charge is 0.243 e. The van der Waals surface area contributed by atoms with E-state index in [0.717, 1.165) is 12.8 Å². The first-order chi connectivity index (χ1) is 11.4. The molecule has 6 nitrogen and oxygen atoms in total. The van der Waals surface area contributed by atoms with Crippen LogP contribution in [0.3, 0.4) is 0 Å². The van der Waals surface area contributed by atoms with Gasteiger partial charge in [-0.2, -0.15) is 4.31 Å². The summed E-state index contributed by atoms with van der Waals surface area (Å²) in [6, 6.07) is 6.57. The van der Waals surface area contributed by atoms with E-state index in [4.69, 9.17) is 0 Å². The van der Waals surface area contributed by atoms with E-state index in [1.165, 1.54) is 4.31 Å². The third kappa shape index (κ3) is 3.63. The topological polar surface area (TPSA) is 86.7 Å². The van der Waals surface area contributed by atoms with Gasteiger partial charge in [0.05, 0.1) is 17.0 Å². The number of carbonyl (C=O) groups excluding carboxylic acids is 1. The minimum absolute atomic E-state index is 0.129. The second-order valence-corrected chi connectivity index (χ2v) is 8.16. The SMILES string of the molecule is CCCN(CCC)S(=O)(=O)c1cccc(C2(CO)CCC(=O)N2)c1. The predicted molar refractivity (Wildman–Crippen MR) is 91.9 cm³/mol. The molecule has 24 heavy (non-hydrogen) atoms. The zero-order chi connectivity index (χ0) is 17.8. The summed E-state index contributed by atoms with van der Waals surface area (Å²) >= 11 is 0. The molecule has 0 aliphatic carbocycles. The molecule has 1 heterocycles. The molecule has 1 aliphatic rings. The fourth-order valence-corrected chi connectivity index (χ4v) is 4.77. The second-order valence-electron chi connectivity index (χ2n) is 6.22. The molecule has 1 aromatic rings. The summed E-state index contributed by atoms with van der Waals surface area (Å²) in [5, 5.41) is 12.6. The Bertz CT molecular complexity index is 684. The number of aliphatic hydroxyl groups is 1. The van der Waals surface area contributed by atoms with Gasteiger partial charge in [0.25, 0.3) is 0 Å². The van der Waals surface area contributed by atoms with E-state index < -0.39 is 15.6 Å². The number of nitrogens with zero attached hydrogens (tertiary/aromatic N) is 1. The summed E-state index contributed by atoms with van der Waals surface area (Å²) in [5.74, 6) is -0.129. The molecule has 134 valence electrons. The molecule has 0 radical (unpaired) electrons. The zero-order valence-corrected chi connectivity index (χ0v) is 15.1. The molecule has 0 spiro atoms. The van der Waals surface area contributed by atoms with Crippen LogP contribution in [0.1, 0.15) is 45.1 Å². The van der Waals surface area contributed by atoms with Gasteiger partial charge in [0, 0.05) is 19.5 Å². The van der Waals surface area contributed by atoms with Crippen molar-refractivity contribution in [1.82, 2.24) is 9.62 Å². The molecular formula is C17H26N2O4S. The van der Waals surface area contributed by atoms with Crippen LogP contribution in [0.2, 0.25) is 0 Å². The molecule has 7 heteroatoms. The number of hydrogen-bond acceptors (Lipinski definition) is 4. The lowest BCUT2D eigenvalue weighted by molar-refractivity contribution is -0.120. The average Bonchev–Trinajstić information content (AvgIpc) is 2.97. The lowest BCUT2D eigenvalue weighted by Gasteiger charge is -2.28. The van der Waals surface area contributed by atoms with Crippen molar-refractivity contribution in [3.63, 3.8) is 0 Å². The normalized spacial score (nSPS) is 21.2. The van der Waals surface area contributed by atoms with Crippen molar-refractivity contribution in [1.29, 1.82) is 0 Å². The maximum atomic E-state index is 12.9. The maximum Gasteiger partial charge on any atom is 0.243 e. The highest BCUT2D eigenvalue weighted by Crippen LogP contribution is 2.32. The Kier molecular flexibility index (Phi) is 6.01. The summed E-state index contributed by atoms with van der Waals surface area (Å²) in [6.07, 6.45) is 2.28. The summed E-state index contributed by atoms with van der Waals surface area (Å²) in [4.78, 5) is 11.8. The van der Waals surface area contributed by atoms with Gasteiger partial charge in [-0.05, 0) is 37.0 Å². The molecule has 1 saturated heterocycles. The molecular weight excluding hydrogens is 328 g/mol. The highest BCUT2D eigenvalue weighted by molar-refractivity contribution is 7.89. The molecule has 2 N–H and O–H groups in total. The van der Waals surface area contributed by atoms with Crippen molar-refractivity contribution in [3.8, 4) is 0 Å². The van der Waals surface area contributed by atoms with E-state index >= 15 is 0 Å². The Morgan fingerprint density at radius 2 is 1.92 bits per heavy atom. The van der Waals surface area contributed by atoms with Crippen LogP contribution in [0.15, 0.2) is 29.2 Å².